The summed E-state index contributed by atoms with van der Waals surface area (Å²) in [4.78, 5) is 14.1. The zero-order valence-electron chi connectivity index (χ0n) is 10.2. The predicted octanol–water partition coefficient (Wildman–Crippen LogP) is 2.81. The summed E-state index contributed by atoms with van der Waals surface area (Å²) in [5.41, 5.74) is 9.10. The maximum Gasteiger partial charge on any atom is 0.175 e. The second-order valence-electron chi connectivity index (χ2n) is 4.42. The summed E-state index contributed by atoms with van der Waals surface area (Å²) in [6.45, 7) is 0. The third kappa shape index (κ3) is 1.90. The van der Waals surface area contributed by atoms with Crippen LogP contribution in [-0.4, -0.2) is 10.9 Å². The summed E-state index contributed by atoms with van der Waals surface area (Å²) in [5, 5.41) is 0.245. The minimum absolute atomic E-state index is 0.0850. The van der Waals surface area contributed by atoms with Gasteiger partial charge in [0.15, 0.2) is 10.9 Å². The van der Waals surface area contributed by atoms with Crippen molar-refractivity contribution in [2.75, 3.05) is 4.90 Å². The van der Waals surface area contributed by atoms with Crippen molar-refractivity contribution in [3.05, 3.63) is 59.7 Å². The van der Waals surface area contributed by atoms with Gasteiger partial charge in [-0.25, -0.2) is 0 Å². The molecule has 2 N–H and O–H groups in total. The number of hydrogen-bond acceptors (Lipinski definition) is 2. The van der Waals surface area contributed by atoms with Crippen LogP contribution in [0.5, 0.6) is 0 Å². The third-order valence-corrected chi connectivity index (χ3v) is 3.43. The molecule has 0 saturated heterocycles. The number of benzene rings is 2. The molecule has 0 radical (unpaired) electrons. The van der Waals surface area contributed by atoms with Gasteiger partial charge in [-0.1, -0.05) is 30.3 Å². The van der Waals surface area contributed by atoms with E-state index in [-0.39, 0.29) is 10.9 Å². The van der Waals surface area contributed by atoms with Gasteiger partial charge >= 0.3 is 0 Å². The smallest absolute Gasteiger partial charge is 0.175 e. The van der Waals surface area contributed by atoms with Crippen molar-refractivity contribution in [1.82, 2.24) is 0 Å². The Balaban J connectivity index is 2.32. The van der Waals surface area contributed by atoms with Gasteiger partial charge < -0.3 is 5.73 Å². The average Bonchev–Trinajstić information content (AvgIpc) is 2.53. The van der Waals surface area contributed by atoms with E-state index in [1.54, 1.807) is 4.90 Å². The largest absolute Gasteiger partial charge is 0.376 e. The first-order valence-electron chi connectivity index (χ1n) is 5.98. The number of carbonyl (C=O) groups excluding carboxylic acids is 1. The Labute approximate surface area is 116 Å². The second-order valence-corrected chi connectivity index (χ2v) is 4.84. The van der Waals surface area contributed by atoms with E-state index in [0.717, 1.165) is 16.9 Å². The molecule has 0 atom stereocenters. The molecule has 0 aliphatic carbocycles. The molecule has 1 aliphatic rings. The van der Waals surface area contributed by atoms with Crippen molar-refractivity contribution >= 4 is 34.5 Å². The topological polar surface area (TPSA) is 46.3 Å². The molecule has 19 heavy (non-hydrogen) atoms. The molecule has 1 aliphatic heterocycles. The summed E-state index contributed by atoms with van der Waals surface area (Å²) in [7, 11) is 0. The van der Waals surface area contributed by atoms with Crippen molar-refractivity contribution in [1.29, 1.82) is 0 Å². The lowest BCUT2D eigenvalue weighted by molar-refractivity contribution is 0.0994. The number of thiocarbonyl (C=S) groups is 1. The van der Waals surface area contributed by atoms with Crippen LogP contribution in [0.2, 0.25) is 0 Å². The molecule has 2 aromatic carbocycles. The molecule has 0 bridgehead atoms. The predicted molar refractivity (Wildman–Crippen MR) is 79.8 cm³/mol. The van der Waals surface area contributed by atoms with Crippen LogP contribution in [0.1, 0.15) is 15.9 Å². The third-order valence-electron chi connectivity index (χ3n) is 3.25. The number of rotatable bonds is 0. The van der Waals surface area contributed by atoms with Gasteiger partial charge in [-0.15, -0.1) is 0 Å². The highest BCUT2D eigenvalue weighted by Gasteiger charge is 2.25. The molecule has 0 aromatic heterocycles. The van der Waals surface area contributed by atoms with Crippen LogP contribution in [0, 0.1) is 0 Å². The highest BCUT2D eigenvalue weighted by atomic mass is 32.1. The molecular weight excluding hydrogens is 256 g/mol. The Morgan fingerprint density at radius 1 is 1.05 bits per heavy atom. The Morgan fingerprint density at radius 3 is 2.42 bits per heavy atom. The van der Waals surface area contributed by atoms with Crippen LogP contribution in [-0.2, 0) is 6.42 Å². The number of ketones is 1. The number of anilines is 2. The molecule has 0 spiro atoms. The van der Waals surface area contributed by atoms with E-state index in [2.05, 4.69) is 0 Å². The molecule has 0 fully saturated rings. The number of nitrogens with two attached hydrogens (primary N) is 1. The monoisotopic (exact) mass is 268 g/mol. The van der Waals surface area contributed by atoms with Gasteiger partial charge in [0.1, 0.15) is 0 Å². The molecule has 4 heteroatoms. The summed E-state index contributed by atoms with van der Waals surface area (Å²) in [6.07, 6.45) is 0.367. The van der Waals surface area contributed by atoms with Crippen molar-refractivity contribution in [2.24, 2.45) is 5.73 Å². The van der Waals surface area contributed by atoms with Crippen molar-refractivity contribution in [2.45, 2.75) is 6.42 Å². The molecular formula is C15H12N2OS. The van der Waals surface area contributed by atoms with E-state index in [1.165, 1.54) is 0 Å². The number of fused-ring (bicyclic) bond motifs is 2. The van der Waals surface area contributed by atoms with Crippen molar-refractivity contribution < 1.29 is 4.79 Å². The molecule has 1 heterocycles. The Hall–Kier alpha value is -2.20. The highest BCUT2D eigenvalue weighted by molar-refractivity contribution is 7.80. The summed E-state index contributed by atoms with van der Waals surface area (Å²) < 4.78 is 0. The normalized spacial score (nSPS) is 13.5. The number of para-hydroxylation sites is 2. The number of nitrogens with zero attached hydrogens (tertiary/aromatic N) is 1. The molecule has 3 nitrogen and oxygen atoms in total. The van der Waals surface area contributed by atoms with E-state index >= 15 is 0 Å². The van der Waals surface area contributed by atoms with Gasteiger partial charge in [0.25, 0.3) is 0 Å². The fraction of sp³-hybridized carbons (Fsp3) is 0.0667. The van der Waals surface area contributed by atoms with E-state index in [9.17, 15) is 4.79 Å². The molecule has 3 rings (SSSR count). The van der Waals surface area contributed by atoms with Crippen LogP contribution >= 0.6 is 12.2 Å². The molecule has 94 valence electrons. The maximum atomic E-state index is 12.3. The van der Waals surface area contributed by atoms with Crippen LogP contribution in [0.4, 0.5) is 11.4 Å². The lowest BCUT2D eigenvalue weighted by Crippen LogP contribution is -2.31. The van der Waals surface area contributed by atoms with Gasteiger partial charge in [-0.05, 0) is 36.0 Å². The average molecular weight is 268 g/mol. The number of hydrogen-bond donors (Lipinski definition) is 1. The minimum Gasteiger partial charge on any atom is -0.376 e. The lowest BCUT2D eigenvalue weighted by Gasteiger charge is -2.24. The highest BCUT2D eigenvalue weighted by Crippen LogP contribution is 2.35. The van der Waals surface area contributed by atoms with Crippen molar-refractivity contribution in [3.8, 4) is 0 Å². The van der Waals surface area contributed by atoms with Gasteiger partial charge in [0, 0.05) is 12.0 Å². The van der Waals surface area contributed by atoms with E-state index < -0.39 is 0 Å². The first-order valence-corrected chi connectivity index (χ1v) is 6.39. The summed E-state index contributed by atoms with van der Waals surface area (Å²) in [6, 6.07) is 15.1. The van der Waals surface area contributed by atoms with Crippen LogP contribution in [0.15, 0.2) is 48.5 Å². The zero-order chi connectivity index (χ0) is 13.4. The van der Waals surface area contributed by atoms with Gasteiger partial charge in [0.05, 0.1) is 11.4 Å². The number of Topliss-reactive ketones (excluding diaryl/α,β-unsaturated/α-hetero) is 1. The first-order chi connectivity index (χ1) is 9.18. The Morgan fingerprint density at radius 2 is 1.68 bits per heavy atom. The summed E-state index contributed by atoms with van der Waals surface area (Å²) in [5.74, 6) is 0.0850. The lowest BCUT2D eigenvalue weighted by atomic mass is 10.0. The maximum absolute atomic E-state index is 12.3. The fourth-order valence-electron chi connectivity index (χ4n) is 2.42. The quantitative estimate of drug-likeness (QED) is 0.746. The van der Waals surface area contributed by atoms with Crippen LogP contribution in [0.25, 0.3) is 0 Å². The van der Waals surface area contributed by atoms with E-state index in [0.29, 0.717) is 12.0 Å². The van der Waals surface area contributed by atoms with Crippen molar-refractivity contribution in [3.63, 3.8) is 0 Å². The molecule has 0 amide bonds. The Kier molecular flexibility index (Phi) is 2.80. The first kappa shape index (κ1) is 11.9. The van der Waals surface area contributed by atoms with Gasteiger partial charge in [-0.3, -0.25) is 9.69 Å². The van der Waals surface area contributed by atoms with Gasteiger partial charge in [-0.2, -0.15) is 0 Å². The minimum atomic E-state index is 0.0850. The van der Waals surface area contributed by atoms with Gasteiger partial charge in [0.2, 0.25) is 0 Å². The van der Waals surface area contributed by atoms with E-state index in [1.807, 2.05) is 48.5 Å². The number of carbonyl (C=O) groups is 1. The molecule has 0 unspecified atom stereocenters. The fourth-order valence-corrected chi connectivity index (χ4v) is 2.61. The summed E-state index contributed by atoms with van der Waals surface area (Å²) >= 11 is 5.16. The van der Waals surface area contributed by atoms with Crippen LogP contribution in [0.3, 0.4) is 0 Å². The second kappa shape index (κ2) is 4.48. The van der Waals surface area contributed by atoms with Crippen LogP contribution < -0.4 is 10.6 Å². The SMILES string of the molecule is NC(=S)N1c2ccccc2CC(=O)c2ccccc21. The molecule has 0 saturated carbocycles. The van der Waals surface area contributed by atoms with E-state index in [4.69, 9.17) is 18.0 Å². The molecule has 2 aromatic rings. The standard InChI is InChI=1S/C15H12N2OS/c16-15(19)17-12-7-3-1-5-10(12)9-14(18)11-6-2-4-8-13(11)17/h1-8H,9H2,(H2,16,19). The Bertz CT molecular complexity index is 681. The zero-order valence-corrected chi connectivity index (χ0v) is 11.0.